The monoisotopic (exact) mass is 350 g/mol. The Balaban J connectivity index is 2.12. The molecule has 1 aromatic heterocycles. The van der Waals surface area contributed by atoms with E-state index in [0.29, 0.717) is 30.8 Å². The first-order valence-corrected chi connectivity index (χ1v) is 8.01. The lowest BCUT2D eigenvalue weighted by atomic mass is 10.0. The first-order chi connectivity index (χ1) is 11.9. The van der Waals surface area contributed by atoms with Crippen molar-refractivity contribution in [1.29, 1.82) is 0 Å². The molecule has 25 heavy (non-hydrogen) atoms. The number of carbonyl (C=O) groups is 2. The van der Waals surface area contributed by atoms with Gasteiger partial charge in [-0.3, -0.25) is 5.32 Å². The van der Waals surface area contributed by atoms with Crippen LogP contribution in [0.2, 0.25) is 0 Å². The number of carboxylic acid groups (broad SMARTS) is 1. The van der Waals surface area contributed by atoms with Gasteiger partial charge in [-0.05, 0) is 25.3 Å². The zero-order chi connectivity index (χ0) is 18.4. The number of rotatable bonds is 5. The standard InChI is InChI=1S/C16H22N4O5/c1-4-10(2)25-15(21)17-13-9-12(24-3)14(19-18-13)11-5-7-20(8-6-11)16(22)23/h5,9-10H,4,6-8H2,1-3H3,(H,22,23)(H,17,18,21). The van der Waals surface area contributed by atoms with Crippen molar-refractivity contribution in [1.82, 2.24) is 15.1 Å². The quantitative estimate of drug-likeness (QED) is 0.839. The largest absolute Gasteiger partial charge is 0.494 e. The summed E-state index contributed by atoms with van der Waals surface area (Å²) >= 11 is 0. The van der Waals surface area contributed by atoms with Crippen molar-refractivity contribution in [2.24, 2.45) is 0 Å². The fourth-order valence-corrected chi connectivity index (χ4v) is 2.27. The molecule has 2 N–H and O–H groups in total. The highest BCUT2D eigenvalue weighted by atomic mass is 16.6. The molecule has 0 spiro atoms. The third-order valence-corrected chi connectivity index (χ3v) is 3.88. The van der Waals surface area contributed by atoms with E-state index in [1.165, 1.54) is 12.0 Å². The van der Waals surface area contributed by atoms with Crippen molar-refractivity contribution in [3.05, 3.63) is 17.8 Å². The molecule has 0 bridgehead atoms. The molecule has 0 saturated heterocycles. The zero-order valence-corrected chi connectivity index (χ0v) is 14.5. The Kier molecular flexibility index (Phi) is 6.15. The lowest BCUT2D eigenvalue weighted by Crippen LogP contribution is -2.33. The van der Waals surface area contributed by atoms with E-state index in [0.717, 1.165) is 5.57 Å². The van der Waals surface area contributed by atoms with Crippen molar-refractivity contribution < 1.29 is 24.2 Å². The summed E-state index contributed by atoms with van der Waals surface area (Å²) in [7, 11) is 1.49. The van der Waals surface area contributed by atoms with Gasteiger partial charge in [0.15, 0.2) is 5.82 Å². The van der Waals surface area contributed by atoms with Crippen LogP contribution in [0.25, 0.3) is 5.57 Å². The number of hydrogen-bond donors (Lipinski definition) is 2. The van der Waals surface area contributed by atoms with Crippen LogP contribution in [0.5, 0.6) is 5.75 Å². The molecule has 9 heteroatoms. The SMILES string of the molecule is CCC(C)OC(=O)Nc1cc(OC)c(C2=CCN(C(=O)O)CC2)nn1. The third kappa shape index (κ3) is 4.82. The van der Waals surface area contributed by atoms with E-state index < -0.39 is 12.2 Å². The Morgan fingerprint density at radius 3 is 2.76 bits per heavy atom. The highest BCUT2D eigenvalue weighted by Crippen LogP contribution is 2.29. The molecule has 2 heterocycles. The lowest BCUT2D eigenvalue weighted by Gasteiger charge is -2.23. The number of ether oxygens (including phenoxy) is 2. The average molecular weight is 350 g/mol. The Bertz CT molecular complexity index is 676. The third-order valence-electron chi connectivity index (χ3n) is 3.88. The van der Waals surface area contributed by atoms with Crippen molar-refractivity contribution in [2.75, 3.05) is 25.5 Å². The van der Waals surface area contributed by atoms with Gasteiger partial charge in [0.25, 0.3) is 0 Å². The summed E-state index contributed by atoms with van der Waals surface area (Å²) in [5.74, 6) is 0.668. The summed E-state index contributed by atoms with van der Waals surface area (Å²) in [6, 6.07) is 1.56. The van der Waals surface area contributed by atoms with Crippen molar-refractivity contribution in [3.63, 3.8) is 0 Å². The van der Waals surface area contributed by atoms with Crippen LogP contribution in [0, 0.1) is 0 Å². The van der Waals surface area contributed by atoms with E-state index in [-0.39, 0.29) is 18.5 Å². The fourth-order valence-electron chi connectivity index (χ4n) is 2.27. The zero-order valence-electron chi connectivity index (χ0n) is 14.5. The molecule has 2 rings (SSSR count). The van der Waals surface area contributed by atoms with Crippen LogP contribution in [-0.4, -0.2) is 58.7 Å². The van der Waals surface area contributed by atoms with Gasteiger partial charge in [-0.2, -0.15) is 0 Å². The molecule has 1 atom stereocenters. The summed E-state index contributed by atoms with van der Waals surface area (Å²) < 4.78 is 10.5. The maximum atomic E-state index is 11.8. The van der Waals surface area contributed by atoms with Gasteiger partial charge in [0.1, 0.15) is 17.5 Å². The molecule has 0 saturated carbocycles. The van der Waals surface area contributed by atoms with Crippen molar-refractivity contribution in [3.8, 4) is 5.75 Å². The average Bonchev–Trinajstić information content (AvgIpc) is 2.61. The molecule has 1 unspecified atom stereocenters. The van der Waals surface area contributed by atoms with Crippen LogP contribution >= 0.6 is 0 Å². The number of hydrogen-bond acceptors (Lipinski definition) is 6. The predicted molar refractivity (Wildman–Crippen MR) is 90.6 cm³/mol. The van der Waals surface area contributed by atoms with E-state index in [4.69, 9.17) is 14.6 Å². The lowest BCUT2D eigenvalue weighted by molar-refractivity contribution is 0.118. The Labute approximate surface area is 145 Å². The van der Waals surface area contributed by atoms with Crippen LogP contribution in [0.1, 0.15) is 32.4 Å². The molecule has 1 aliphatic rings. The van der Waals surface area contributed by atoms with Crippen LogP contribution in [0.15, 0.2) is 12.1 Å². The second-order valence-electron chi connectivity index (χ2n) is 5.60. The molecular formula is C16H22N4O5. The van der Waals surface area contributed by atoms with Gasteiger partial charge in [0.2, 0.25) is 0 Å². The van der Waals surface area contributed by atoms with E-state index in [9.17, 15) is 9.59 Å². The predicted octanol–water partition coefficient (Wildman–Crippen LogP) is 2.60. The number of nitrogens with zero attached hydrogens (tertiary/aromatic N) is 3. The Hall–Kier alpha value is -2.84. The Morgan fingerprint density at radius 1 is 1.44 bits per heavy atom. The van der Waals surface area contributed by atoms with E-state index >= 15 is 0 Å². The highest BCUT2D eigenvalue weighted by Gasteiger charge is 2.21. The number of nitrogens with one attached hydrogen (secondary N) is 1. The van der Waals surface area contributed by atoms with Crippen molar-refractivity contribution >= 4 is 23.6 Å². The van der Waals surface area contributed by atoms with Crippen LogP contribution in [0.4, 0.5) is 15.4 Å². The van der Waals surface area contributed by atoms with Gasteiger partial charge in [-0.25, -0.2) is 9.59 Å². The molecular weight excluding hydrogens is 328 g/mol. The highest BCUT2D eigenvalue weighted by molar-refractivity contribution is 5.84. The molecule has 1 aliphatic heterocycles. The van der Waals surface area contributed by atoms with Gasteiger partial charge < -0.3 is 19.5 Å². The topological polar surface area (TPSA) is 114 Å². The molecule has 1 aromatic rings. The smallest absolute Gasteiger partial charge is 0.413 e. The molecule has 9 nitrogen and oxygen atoms in total. The molecule has 136 valence electrons. The molecule has 0 aromatic carbocycles. The minimum Gasteiger partial charge on any atom is -0.494 e. The molecule has 2 amide bonds. The molecule has 0 radical (unpaired) electrons. The number of amides is 2. The minimum absolute atomic E-state index is 0.196. The van der Waals surface area contributed by atoms with Crippen LogP contribution < -0.4 is 10.1 Å². The number of methoxy groups -OCH3 is 1. The van der Waals surface area contributed by atoms with Gasteiger partial charge in [-0.15, -0.1) is 10.2 Å². The van der Waals surface area contributed by atoms with E-state index in [1.54, 1.807) is 19.1 Å². The van der Waals surface area contributed by atoms with Gasteiger partial charge in [0, 0.05) is 19.2 Å². The van der Waals surface area contributed by atoms with E-state index in [1.807, 2.05) is 6.92 Å². The summed E-state index contributed by atoms with van der Waals surface area (Å²) in [6.07, 6.45) is 1.26. The second-order valence-corrected chi connectivity index (χ2v) is 5.60. The first-order valence-electron chi connectivity index (χ1n) is 8.01. The number of aromatic nitrogens is 2. The summed E-state index contributed by atoms with van der Waals surface area (Å²) in [6.45, 7) is 4.38. The maximum absolute atomic E-state index is 11.8. The van der Waals surface area contributed by atoms with Gasteiger partial charge in [-0.1, -0.05) is 13.0 Å². The van der Waals surface area contributed by atoms with Crippen molar-refractivity contribution in [2.45, 2.75) is 32.8 Å². The van der Waals surface area contributed by atoms with Gasteiger partial charge >= 0.3 is 12.2 Å². The number of anilines is 1. The fraction of sp³-hybridized carbons (Fsp3) is 0.500. The molecule has 0 fully saturated rings. The Morgan fingerprint density at radius 2 is 2.20 bits per heavy atom. The van der Waals surface area contributed by atoms with E-state index in [2.05, 4.69) is 15.5 Å². The van der Waals surface area contributed by atoms with Crippen LogP contribution in [-0.2, 0) is 4.74 Å². The minimum atomic E-state index is -0.951. The second kappa shape index (κ2) is 8.32. The van der Waals surface area contributed by atoms with Gasteiger partial charge in [0.05, 0.1) is 7.11 Å². The summed E-state index contributed by atoms with van der Waals surface area (Å²) in [5, 5.41) is 19.6. The first kappa shape index (κ1) is 18.5. The summed E-state index contributed by atoms with van der Waals surface area (Å²) in [5.41, 5.74) is 1.39. The number of carbonyl (C=O) groups excluding carboxylic acids is 1. The normalized spacial score (nSPS) is 15.2. The molecule has 0 aliphatic carbocycles. The maximum Gasteiger partial charge on any atom is 0.413 e. The van der Waals surface area contributed by atoms with Crippen LogP contribution in [0.3, 0.4) is 0 Å². The summed E-state index contributed by atoms with van der Waals surface area (Å²) in [4.78, 5) is 24.0.